The second-order valence-corrected chi connectivity index (χ2v) is 6.62. The fourth-order valence-corrected chi connectivity index (χ4v) is 3.42. The molecule has 0 aliphatic carbocycles. The number of fused-ring (bicyclic) bond motifs is 1. The molecule has 1 amide bonds. The molecule has 0 saturated carbocycles. The highest BCUT2D eigenvalue weighted by Gasteiger charge is 2.35. The van der Waals surface area contributed by atoms with E-state index in [1.807, 2.05) is 18.2 Å². The highest BCUT2D eigenvalue weighted by atomic mass is 16.7. The maximum atomic E-state index is 12.7. The molecule has 28 heavy (non-hydrogen) atoms. The molecule has 0 bridgehead atoms. The first kappa shape index (κ1) is 18.0. The van der Waals surface area contributed by atoms with Gasteiger partial charge >= 0.3 is 5.97 Å². The summed E-state index contributed by atoms with van der Waals surface area (Å²) in [4.78, 5) is 36.0. The van der Waals surface area contributed by atoms with Crippen LogP contribution < -0.4 is 14.4 Å². The summed E-state index contributed by atoms with van der Waals surface area (Å²) in [5, 5.41) is 9.62. The van der Waals surface area contributed by atoms with E-state index in [4.69, 9.17) is 9.47 Å². The van der Waals surface area contributed by atoms with Gasteiger partial charge in [-0.2, -0.15) is 0 Å². The smallest absolute Gasteiger partial charge is 0.328 e. The lowest BCUT2D eigenvalue weighted by Crippen LogP contribution is -2.58. The number of nitrogens with zero attached hydrogens (tertiary/aromatic N) is 4. The summed E-state index contributed by atoms with van der Waals surface area (Å²) in [6.45, 7) is 1.17. The first-order chi connectivity index (χ1) is 13.6. The van der Waals surface area contributed by atoms with Crippen LogP contribution in [0.4, 0.5) is 5.95 Å². The number of benzene rings is 1. The van der Waals surface area contributed by atoms with E-state index in [9.17, 15) is 14.7 Å². The van der Waals surface area contributed by atoms with Gasteiger partial charge in [-0.05, 0) is 30.2 Å². The largest absolute Gasteiger partial charge is 0.480 e. The number of piperazine rings is 1. The SMILES string of the molecule is O=C(O)C1CN(c2ncccn2)CCN1C(=O)CCc1ccc2c(c1)OCO2. The molecule has 1 atom stereocenters. The number of carbonyl (C=O) groups excluding carboxylic acids is 1. The molecule has 1 aromatic carbocycles. The molecule has 146 valence electrons. The van der Waals surface area contributed by atoms with E-state index < -0.39 is 12.0 Å². The molecule has 1 N–H and O–H groups in total. The van der Waals surface area contributed by atoms with Gasteiger partial charge in [0.2, 0.25) is 18.6 Å². The molecule has 9 nitrogen and oxygen atoms in total. The first-order valence-electron chi connectivity index (χ1n) is 9.04. The van der Waals surface area contributed by atoms with E-state index in [-0.39, 0.29) is 25.7 Å². The molecule has 0 radical (unpaired) electrons. The Morgan fingerprint density at radius 3 is 2.71 bits per heavy atom. The van der Waals surface area contributed by atoms with Crippen molar-refractivity contribution in [1.82, 2.24) is 14.9 Å². The standard InChI is InChI=1S/C19H20N4O5/c24-17(5-3-13-2-4-15-16(10-13)28-12-27-15)23-9-8-22(11-14(23)18(25)26)19-20-6-1-7-21-19/h1-2,4,6-7,10,14H,3,5,8-9,11-12H2,(H,25,26). The van der Waals surface area contributed by atoms with Gasteiger partial charge in [0.25, 0.3) is 0 Å². The van der Waals surface area contributed by atoms with Gasteiger partial charge in [0.15, 0.2) is 11.5 Å². The van der Waals surface area contributed by atoms with Crippen LogP contribution in [-0.4, -0.2) is 64.3 Å². The van der Waals surface area contributed by atoms with Crippen LogP contribution in [0.1, 0.15) is 12.0 Å². The summed E-state index contributed by atoms with van der Waals surface area (Å²) >= 11 is 0. The molecule has 2 aromatic rings. The third-order valence-corrected chi connectivity index (χ3v) is 4.89. The number of aryl methyl sites for hydroxylation is 1. The van der Waals surface area contributed by atoms with Gasteiger partial charge in [-0.15, -0.1) is 0 Å². The normalized spacial score (nSPS) is 18.2. The second-order valence-electron chi connectivity index (χ2n) is 6.62. The van der Waals surface area contributed by atoms with Gasteiger partial charge in [0, 0.05) is 31.9 Å². The number of hydrogen-bond donors (Lipinski definition) is 1. The summed E-state index contributed by atoms with van der Waals surface area (Å²) in [6.07, 6.45) is 3.96. The number of carboxylic acid groups (broad SMARTS) is 1. The number of anilines is 1. The topological polar surface area (TPSA) is 105 Å². The van der Waals surface area contributed by atoms with Crippen molar-refractivity contribution in [2.45, 2.75) is 18.9 Å². The predicted molar refractivity (Wildman–Crippen MR) is 98.3 cm³/mol. The van der Waals surface area contributed by atoms with E-state index in [0.29, 0.717) is 37.0 Å². The van der Waals surface area contributed by atoms with Gasteiger partial charge < -0.3 is 24.4 Å². The number of carboxylic acids is 1. The average molecular weight is 384 g/mol. The number of ether oxygens (including phenoxy) is 2. The highest BCUT2D eigenvalue weighted by Crippen LogP contribution is 2.32. The number of rotatable bonds is 5. The maximum absolute atomic E-state index is 12.7. The van der Waals surface area contributed by atoms with Crippen molar-refractivity contribution in [1.29, 1.82) is 0 Å². The minimum Gasteiger partial charge on any atom is -0.480 e. The summed E-state index contributed by atoms with van der Waals surface area (Å²) < 4.78 is 10.6. The van der Waals surface area contributed by atoms with E-state index in [1.165, 1.54) is 4.90 Å². The van der Waals surface area contributed by atoms with Gasteiger partial charge in [0.05, 0.1) is 6.54 Å². The Balaban J connectivity index is 1.40. The van der Waals surface area contributed by atoms with E-state index in [1.54, 1.807) is 23.4 Å². The van der Waals surface area contributed by atoms with Crippen LogP contribution in [0.5, 0.6) is 11.5 Å². The lowest BCUT2D eigenvalue weighted by atomic mass is 10.1. The molecule has 1 fully saturated rings. The molecular formula is C19H20N4O5. The van der Waals surface area contributed by atoms with Crippen molar-refractivity contribution < 1.29 is 24.2 Å². The van der Waals surface area contributed by atoms with Crippen LogP contribution in [-0.2, 0) is 16.0 Å². The van der Waals surface area contributed by atoms with E-state index >= 15 is 0 Å². The van der Waals surface area contributed by atoms with Crippen molar-refractivity contribution in [3.63, 3.8) is 0 Å². The van der Waals surface area contributed by atoms with Crippen LogP contribution in [0.3, 0.4) is 0 Å². The molecule has 1 saturated heterocycles. The lowest BCUT2D eigenvalue weighted by molar-refractivity contribution is -0.150. The van der Waals surface area contributed by atoms with E-state index in [2.05, 4.69) is 9.97 Å². The Labute approximate surface area is 161 Å². The van der Waals surface area contributed by atoms with Crippen molar-refractivity contribution in [3.05, 3.63) is 42.2 Å². The van der Waals surface area contributed by atoms with Gasteiger partial charge in [-0.25, -0.2) is 14.8 Å². The van der Waals surface area contributed by atoms with Crippen molar-refractivity contribution in [2.75, 3.05) is 31.3 Å². The zero-order chi connectivity index (χ0) is 19.5. The average Bonchev–Trinajstić information content (AvgIpc) is 3.20. The summed E-state index contributed by atoms with van der Waals surface area (Å²) in [5.41, 5.74) is 0.945. The van der Waals surface area contributed by atoms with Crippen molar-refractivity contribution in [3.8, 4) is 11.5 Å². The summed E-state index contributed by atoms with van der Waals surface area (Å²) in [6, 6.07) is 6.34. The van der Waals surface area contributed by atoms with Gasteiger partial charge in [0.1, 0.15) is 6.04 Å². The molecule has 0 spiro atoms. The van der Waals surface area contributed by atoms with Crippen molar-refractivity contribution in [2.24, 2.45) is 0 Å². The number of aromatic nitrogens is 2. The highest BCUT2D eigenvalue weighted by molar-refractivity contribution is 5.84. The molecular weight excluding hydrogens is 364 g/mol. The Kier molecular flexibility index (Phi) is 4.96. The molecule has 9 heteroatoms. The fraction of sp³-hybridized carbons (Fsp3) is 0.368. The predicted octanol–water partition coefficient (Wildman–Crippen LogP) is 0.940. The van der Waals surface area contributed by atoms with Crippen molar-refractivity contribution >= 4 is 17.8 Å². The summed E-state index contributed by atoms with van der Waals surface area (Å²) in [7, 11) is 0. The quantitative estimate of drug-likeness (QED) is 0.812. The molecule has 2 aliphatic rings. The molecule has 4 rings (SSSR count). The zero-order valence-electron chi connectivity index (χ0n) is 15.2. The van der Waals surface area contributed by atoms with Crippen LogP contribution in [0, 0.1) is 0 Å². The minimum atomic E-state index is -1.03. The lowest BCUT2D eigenvalue weighted by Gasteiger charge is -2.39. The minimum absolute atomic E-state index is 0.162. The van der Waals surface area contributed by atoms with Gasteiger partial charge in [-0.1, -0.05) is 6.07 Å². The number of aliphatic carboxylic acids is 1. The van der Waals surface area contributed by atoms with Crippen LogP contribution in [0.2, 0.25) is 0 Å². The van der Waals surface area contributed by atoms with E-state index in [0.717, 1.165) is 5.56 Å². The van der Waals surface area contributed by atoms with Crippen LogP contribution in [0.25, 0.3) is 0 Å². The molecule has 3 heterocycles. The zero-order valence-corrected chi connectivity index (χ0v) is 15.2. The third kappa shape index (κ3) is 3.68. The second kappa shape index (κ2) is 7.71. The van der Waals surface area contributed by atoms with Crippen LogP contribution in [0.15, 0.2) is 36.7 Å². The Hall–Kier alpha value is -3.36. The number of hydrogen-bond acceptors (Lipinski definition) is 7. The first-order valence-corrected chi connectivity index (χ1v) is 9.04. The van der Waals surface area contributed by atoms with Crippen LogP contribution >= 0.6 is 0 Å². The molecule has 2 aliphatic heterocycles. The molecule has 1 unspecified atom stereocenters. The summed E-state index contributed by atoms with van der Waals surface area (Å²) in [5.74, 6) is 0.627. The molecule has 1 aromatic heterocycles. The fourth-order valence-electron chi connectivity index (χ4n) is 3.42. The Morgan fingerprint density at radius 2 is 1.93 bits per heavy atom. The van der Waals surface area contributed by atoms with Gasteiger partial charge in [-0.3, -0.25) is 4.79 Å². The Bertz CT molecular complexity index is 876. The third-order valence-electron chi connectivity index (χ3n) is 4.89. The maximum Gasteiger partial charge on any atom is 0.328 e. The number of amides is 1. The number of carbonyl (C=O) groups is 2. The monoisotopic (exact) mass is 384 g/mol. The Morgan fingerprint density at radius 1 is 1.14 bits per heavy atom.